The smallest absolute Gasteiger partial charge is 0.172 e. The van der Waals surface area contributed by atoms with Crippen molar-refractivity contribution in [2.24, 2.45) is 5.41 Å². The summed E-state index contributed by atoms with van der Waals surface area (Å²) in [6.07, 6.45) is 2.49. The Morgan fingerprint density at radius 1 is 1.16 bits per heavy atom. The molecule has 1 aliphatic rings. The highest BCUT2D eigenvalue weighted by molar-refractivity contribution is 6.38. The molecule has 0 amide bonds. The van der Waals surface area contributed by atoms with Crippen LogP contribution in [-0.2, 0) is 9.59 Å². The monoisotopic (exact) mass is 296 g/mol. The van der Waals surface area contributed by atoms with Gasteiger partial charge in [0, 0.05) is 27.4 Å². The van der Waals surface area contributed by atoms with E-state index in [1.807, 2.05) is 13.8 Å². The van der Waals surface area contributed by atoms with Crippen molar-refractivity contribution < 1.29 is 9.59 Å². The number of carbonyl (C=O) groups excluding carboxylic acids is 2. The number of ketones is 2. The topological polar surface area (TPSA) is 34.1 Å². The van der Waals surface area contributed by atoms with Crippen LogP contribution in [0.4, 0.5) is 0 Å². The number of rotatable bonds is 1. The molecule has 0 aliphatic heterocycles. The third-order valence-corrected chi connectivity index (χ3v) is 4.08. The first-order valence-corrected chi connectivity index (χ1v) is 6.82. The minimum absolute atomic E-state index is 0.139. The molecule has 4 heteroatoms. The number of hydrogen-bond acceptors (Lipinski definition) is 2. The van der Waals surface area contributed by atoms with Crippen LogP contribution in [0.3, 0.4) is 0 Å². The minimum Gasteiger partial charge on any atom is -0.294 e. The van der Waals surface area contributed by atoms with Gasteiger partial charge in [-0.05, 0) is 24.6 Å². The molecule has 0 unspecified atom stereocenters. The van der Waals surface area contributed by atoms with Crippen LogP contribution in [0, 0.1) is 5.41 Å². The molecule has 0 radical (unpaired) electrons. The minimum atomic E-state index is -0.506. The lowest BCUT2D eigenvalue weighted by molar-refractivity contribution is -0.130. The van der Waals surface area contributed by atoms with Gasteiger partial charge in [0.05, 0.1) is 5.57 Å². The molecule has 1 aromatic carbocycles. The Morgan fingerprint density at radius 3 is 2.32 bits per heavy atom. The molecule has 0 bridgehead atoms. The van der Waals surface area contributed by atoms with E-state index in [2.05, 4.69) is 0 Å². The van der Waals surface area contributed by atoms with Gasteiger partial charge in [0.1, 0.15) is 0 Å². The Labute approximate surface area is 122 Å². The van der Waals surface area contributed by atoms with Gasteiger partial charge in [-0.3, -0.25) is 9.59 Å². The first-order chi connectivity index (χ1) is 8.83. The Bertz CT molecular complexity index is 566. The largest absolute Gasteiger partial charge is 0.294 e. The zero-order chi connectivity index (χ0) is 14.2. The SMILES string of the molecule is CC1(C)CCC(=O)/C(=C/c2c(Cl)cccc2Cl)C1=O. The summed E-state index contributed by atoms with van der Waals surface area (Å²) in [6.45, 7) is 3.70. The molecule has 1 aliphatic carbocycles. The molecule has 2 nitrogen and oxygen atoms in total. The first-order valence-electron chi connectivity index (χ1n) is 6.06. The predicted octanol–water partition coefficient (Wildman–Crippen LogP) is 4.34. The summed E-state index contributed by atoms with van der Waals surface area (Å²) in [6, 6.07) is 5.09. The highest BCUT2D eigenvalue weighted by Crippen LogP contribution is 2.35. The van der Waals surface area contributed by atoms with Gasteiger partial charge in [-0.1, -0.05) is 43.1 Å². The van der Waals surface area contributed by atoms with E-state index in [0.29, 0.717) is 28.5 Å². The molecule has 0 atom stereocenters. The summed E-state index contributed by atoms with van der Waals surface area (Å²) in [5.74, 6) is -0.278. The number of Topliss-reactive ketones (excluding diaryl/α,β-unsaturated/α-hetero) is 2. The molecule has 0 N–H and O–H groups in total. The average Bonchev–Trinajstić information content (AvgIpc) is 2.34. The van der Waals surface area contributed by atoms with Crippen LogP contribution >= 0.6 is 23.2 Å². The Morgan fingerprint density at radius 2 is 1.74 bits per heavy atom. The second-order valence-corrected chi connectivity index (χ2v) is 6.14. The van der Waals surface area contributed by atoms with E-state index >= 15 is 0 Å². The van der Waals surface area contributed by atoms with Crippen LogP contribution in [0.15, 0.2) is 23.8 Å². The molecule has 2 rings (SSSR count). The molecule has 19 heavy (non-hydrogen) atoms. The number of benzene rings is 1. The maximum Gasteiger partial charge on any atom is 0.172 e. The van der Waals surface area contributed by atoms with Crippen molar-refractivity contribution in [3.8, 4) is 0 Å². The van der Waals surface area contributed by atoms with Crippen LogP contribution in [-0.4, -0.2) is 11.6 Å². The maximum absolute atomic E-state index is 12.3. The van der Waals surface area contributed by atoms with E-state index < -0.39 is 5.41 Å². The molecule has 1 aromatic rings. The molecule has 0 aromatic heterocycles. The second-order valence-electron chi connectivity index (χ2n) is 5.33. The fourth-order valence-electron chi connectivity index (χ4n) is 2.10. The van der Waals surface area contributed by atoms with E-state index in [-0.39, 0.29) is 17.1 Å². The van der Waals surface area contributed by atoms with Gasteiger partial charge in [0.2, 0.25) is 0 Å². The fraction of sp³-hybridized carbons (Fsp3) is 0.333. The van der Waals surface area contributed by atoms with E-state index in [9.17, 15) is 9.59 Å². The van der Waals surface area contributed by atoms with Gasteiger partial charge in [-0.2, -0.15) is 0 Å². The van der Waals surface area contributed by atoms with Gasteiger partial charge >= 0.3 is 0 Å². The van der Waals surface area contributed by atoms with Crippen molar-refractivity contribution in [2.75, 3.05) is 0 Å². The van der Waals surface area contributed by atoms with Crippen molar-refractivity contribution in [2.45, 2.75) is 26.7 Å². The third-order valence-electron chi connectivity index (χ3n) is 3.43. The van der Waals surface area contributed by atoms with Crippen molar-refractivity contribution in [3.63, 3.8) is 0 Å². The lowest BCUT2D eigenvalue weighted by Gasteiger charge is -2.28. The van der Waals surface area contributed by atoms with Gasteiger partial charge in [0.25, 0.3) is 0 Å². The van der Waals surface area contributed by atoms with Crippen LogP contribution in [0.5, 0.6) is 0 Å². The Kier molecular flexibility index (Phi) is 3.84. The molecule has 1 fully saturated rings. The zero-order valence-electron chi connectivity index (χ0n) is 10.8. The summed E-state index contributed by atoms with van der Waals surface area (Å²) in [5, 5.41) is 0.868. The standard InChI is InChI=1S/C15H14Cl2O2/c1-15(2)7-6-13(18)10(14(15)19)8-9-11(16)4-3-5-12(9)17/h3-5,8H,6-7H2,1-2H3/b10-8-. The van der Waals surface area contributed by atoms with E-state index in [1.165, 1.54) is 6.08 Å². The van der Waals surface area contributed by atoms with E-state index in [0.717, 1.165) is 0 Å². The lowest BCUT2D eigenvalue weighted by Crippen LogP contribution is -2.34. The second kappa shape index (κ2) is 5.10. The summed E-state index contributed by atoms with van der Waals surface area (Å²) >= 11 is 12.1. The van der Waals surface area contributed by atoms with Gasteiger partial charge in [-0.15, -0.1) is 0 Å². The van der Waals surface area contributed by atoms with Gasteiger partial charge in [-0.25, -0.2) is 0 Å². The molecule has 0 spiro atoms. The normalized spacial score (nSPS) is 20.9. The van der Waals surface area contributed by atoms with Gasteiger partial charge < -0.3 is 0 Å². The maximum atomic E-state index is 12.3. The highest BCUT2D eigenvalue weighted by Gasteiger charge is 2.38. The first kappa shape index (κ1) is 14.3. The number of hydrogen-bond donors (Lipinski definition) is 0. The van der Waals surface area contributed by atoms with E-state index in [4.69, 9.17) is 23.2 Å². The van der Waals surface area contributed by atoms with Crippen LogP contribution < -0.4 is 0 Å². The van der Waals surface area contributed by atoms with Crippen molar-refractivity contribution in [3.05, 3.63) is 39.4 Å². The van der Waals surface area contributed by atoms with Crippen molar-refractivity contribution in [1.29, 1.82) is 0 Å². The molecule has 100 valence electrons. The number of carbonyl (C=O) groups is 2. The molecular weight excluding hydrogens is 283 g/mol. The van der Waals surface area contributed by atoms with Crippen molar-refractivity contribution >= 4 is 40.8 Å². The third kappa shape index (κ3) is 2.75. The fourth-order valence-corrected chi connectivity index (χ4v) is 2.61. The lowest BCUT2D eigenvalue weighted by atomic mass is 9.73. The van der Waals surface area contributed by atoms with Crippen LogP contribution in [0.1, 0.15) is 32.3 Å². The summed E-state index contributed by atoms with van der Waals surface area (Å²) < 4.78 is 0. The molecule has 0 saturated heterocycles. The zero-order valence-corrected chi connectivity index (χ0v) is 12.3. The van der Waals surface area contributed by atoms with Gasteiger partial charge in [0.15, 0.2) is 11.6 Å². The quantitative estimate of drug-likeness (QED) is 0.571. The molecular formula is C15H14Cl2O2. The summed E-state index contributed by atoms with van der Waals surface area (Å²) in [5.41, 5.74) is 0.222. The highest BCUT2D eigenvalue weighted by atomic mass is 35.5. The Hall–Kier alpha value is -1.12. The number of halogens is 2. The predicted molar refractivity (Wildman–Crippen MR) is 77.5 cm³/mol. The van der Waals surface area contributed by atoms with Crippen molar-refractivity contribution in [1.82, 2.24) is 0 Å². The molecule has 1 saturated carbocycles. The average molecular weight is 297 g/mol. The van der Waals surface area contributed by atoms with Crippen LogP contribution in [0.2, 0.25) is 10.0 Å². The molecule has 0 heterocycles. The summed E-state index contributed by atoms with van der Waals surface area (Å²) in [7, 11) is 0. The van der Waals surface area contributed by atoms with E-state index in [1.54, 1.807) is 18.2 Å². The summed E-state index contributed by atoms with van der Waals surface area (Å²) in [4.78, 5) is 24.3. The van der Waals surface area contributed by atoms with Crippen LogP contribution in [0.25, 0.3) is 6.08 Å². The Balaban J connectivity index is 2.52. The number of allylic oxidation sites excluding steroid dienone is 1.